The lowest BCUT2D eigenvalue weighted by molar-refractivity contribution is 0.198. The molecule has 1 aromatic heterocycles. The van der Waals surface area contributed by atoms with Crippen LogP contribution in [0.4, 0.5) is 0 Å². The van der Waals surface area contributed by atoms with Crippen LogP contribution in [0.15, 0.2) is 12.1 Å². The highest BCUT2D eigenvalue weighted by atomic mass is 35.5. The average Bonchev–Trinajstić information content (AvgIpc) is 2.78. The van der Waals surface area contributed by atoms with Crippen molar-refractivity contribution in [1.82, 2.24) is 10.2 Å². The molecule has 0 bridgehead atoms. The zero-order valence-corrected chi connectivity index (χ0v) is 12.7. The normalized spacial score (nSPS) is 18.3. The molecule has 1 saturated heterocycles. The smallest absolute Gasteiger partial charge is 0.0931 e. The fourth-order valence-corrected chi connectivity index (χ4v) is 3.65. The van der Waals surface area contributed by atoms with E-state index in [4.69, 9.17) is 11.6 Å². The topological polar surface area (TPSA) is 15.3 Å². The van der Waals surface area contributed by atoms with E-state index in [9.17, 15) is 0 Å². The molecule has 2 heterocycles. The van der Waals surface area contributed by atoms with Crippen LogP contribution in [0, 0.1) is 0 Å². The van der Waals surface area contributed by atoms with E-state index < -0.39 is 0 Å². The van der Waals surface area contributed by atoms with Gasteiger partial charge in [-0.05, 0) is 57.5 Å². The number of hydrogen-bond acceptors (Lipinski definition) is 3. The molecule has 2 rings (SSSR count). The molecule has 2 nitrogen and oxygen atoms in total. The minimum atomic E-state index is 0.716. The average molecular weight is 287 g/mol. The van der Waals surface area contributed by atoms with E-state index in [0.29, 0.717) is 6.04 Å². The third-order valence-electron chi connectivity index (χ3n) is 3.56. The monoisotopic (exact) mass is 286 g/mol. The van der Waals surface area contributed by atoms with Crippen molar-refractivity contribution in [3.05, 3.63) is 21.3 Å². The van der Waals surface area contributed by atoms with Gasteiger partial charge in [-0.25, -0.2) is 0 Å². The second-order valence-corrected chi connectivity index (χ2v) is 6.83. The van der Waals surface area contributed by atoms with Crippen LogP contribution in [0.2, 0.25) is 4.34 Å². The Morgan fingerprint density at radius 1 is 1.39 bits per heavy atom. The highest BCUT2D eigenvalue weighted by molar-refractivity contribution is 7.16. The van der Waals surface area contributed by atoms with Gasteiger partial charge in [-0.3, -0.25) is 0 Å². The second kappa shape index (κ2) is 7.49. The number of thiophene rings is 1. The molecule has 0 aliphatic carbocycles. The molecule has 1 aromatic rings. The largest absolute Gasteiger partial charge is 0.314 e. The van der Waals surface area contributed by atoms with Crippen LogP contribution >= 0.6 is 22.9 Å². The zero-order valence-electron chi connectivity index (χ0n) is 11.1. The Kier molecular flexibility index (Phi) is 5.96. The first-order valence-electron chi connectivity index (χ1n) is 6.98. The molecule has 0 spiro atoms. The summed E-state index contributed by atoms with van der Waals surface area (Å²) in [5, 5.41) is 3.68. The Balaban J connectivity index is 1.60. The van der Waals surface area contributed by atoms with Gasteiger partial charge < -0.3 is 10.2 Å². The molecule has 0 amide bonds. The molecule has 0 radical (unpaired) electrons. The fourth-order valence-electron chi connectivity index (χ4n) is 2.56. The molecule has 1 N–H and O–H groups in total. The Morgan fingerprint density at radius 2 is 2.17 bits per heavy atom. The number of likely N-dealkylation sites (tertiary alicyclic amines) is 1. The first kappa shape index (κ1) is 14.3. The maximum atomic E-state index is 5.93. The van der Waals surface area contributed by atoms with Gasteiger partial charge in [0, 0.05) is 17.5 Å². The Hall–Kier alpha value is -0.0900. The highest BCUT2D eigenvalue weighted by Crippen LogP contribution is 2.21. The molecule has 0 atom stereocenters. The van der Waals surface area contributed by atoms with Crippen LogP contribution in [0.25, 0.3) is 0 Å². The first-order chi connectivity index (χ1) is 8.78. The van der Waals surface area contributed by atoms with E-state index >= 15 is 0 Å². The molecule has 0 saturated carbocycles. The first-order valence-corrected chi connectivity index (χ1v) is 8.17. The standard InChI is InChI=1S/C14H23ClN2S/c1-2-9-17-10-6-12(7-11-17)16-8-5-13-3-4-14(15)18-13/h3-4,12,16H,2,5-11H2,1H3. The van der Waals surface area contributed by atoms with Crippen molar-refractivity contribution in [2.75, 3.05) is 26.2 Å². The van der Waals surface area contributed by atoms with Gasteiger partial charge >= 0.3 is 0 Å². The SMILES string of the molecule is CCCN1CCC(NCCc2ccc(Cl)s2)CC1. The summed E-state index contributed by atoms with van der Waals surface area (Å²) < 4.78 is 0.901. The van der Waals surface area contributed by atoms with Crippen molar-refractivity contribution >= 4 is 22.9 Å². The van der Waals surface area contributed by atoms with Gasteiger partial charge in [-0.15, -0.1) is 11.3 Å². The van der Waals surface area contributed by atoms with E-state index in [1.807, 2.05) is 6.07 Å². The number of nitrogens with zero attached hydrogens (tertiary/aromatic N) is 1. The summed E-state index contributed by atoms with van der Waals surface area (Å²) in [7, 11) is 0. The van der Waals surface area contributed by atoms with Crippen LogP contribution in [0.1, 0.15) is 31.1 Å². The summed E-state index contributed by atoms with van der Waals surface area (Å²) in [4.78, 5) is 3.97. The Bertz CT molecular complexity index is 345. The minimum Gasteiger partial charge on any atom is -0.314 e. The molecule has 1 aliphatic rings. The zero-order chi connectivity index (χ0) is 12.8. The summed E-state index contributed by atoms with van der Waals surface area (Å²) in [6.07, 6.45) is 4.97. The van der Waals surface area contributed by atoms with Crippen molar-refractivity contribution in [3.63, 3.8) is 0 Å². The lowest BCUT2D eigenvalue weighted by Crippen LogP contribution is -2.43. The number of piperidine rings is 1. The minimum absolute atomic E-state index is 0.716. The third kappa shape index (κ3) is 4.54. The molecule has 18 heavy (non-hydrogen) atoms. The summed E-state index contributed by atoms with van der Waals surface area (Å²) in [6.45, 7) is 7.12. The van der Waals surface area contributed by atoms with Gasteiger partial charge in [0.1, 0.15) is 0 Å². The van der Waals surface area contributed by atoms with Gasteiger partial charge in [-0.1, -0.05) is 18.5 Å². The number of rotatable bonds is 6. The van der Waals surface area contributed by atoms with Crippen LogP contribution < -0.4 is 5.32 Å². The van der Waals surface area contributed by atoms with E-state index in [1.54, 1.807) is 11.3 Å². The fraction of sp³-hybridized carbons (Fsp3) is 0.714. The lowest BCUT2D eigenvalue weighted by Gasteiger charge is -2.32. The molecule has 102 valence electrons. The van der Waals surface area contributed by atoms with Crippen molar-refractivity contribution < 1.29 is 0 Å². The maximum absolute atomic E-state index is 5.93. The van der Waals surface area contributed by atoms with Gasteiger partial charge in [0.05, 0.1) is 4.34 Å². The van der Waals surface area contributed by atoms with E-state index in [1.165, 1.54) is 43.8 Å². The molecule has 1 aliphatic heterocycles. The van der Waals surface area contributed by atoms with Crippen LogP contribution in [-0.4, -0.2) is 37.1 Å². The molecule has 4 heteroatoms. The van der Waals surface area contributed by atoms with Gasteiger partial charge in [0.2, 0.25) is 0 Å². The second-order valence-electron chi connectivity index (χ2n) is 5.03. The molecule has 1 fully saturated rings. The Morgan fingerprint density at radius 3 is 2.78 bits per heavy atom. The van der Waals surface area contributed by atoms with E-state index in [2.05, 4.69) is 23.2 Å². The van der Waals surface area contributed by atoms with Gasteiger partial charge in [0.15, 0.2) is 0 Å². The third-order valence-corrected chi connectivity index (χ3v) is 4.85. The Labute approximate surface area is 119 Å². The predicted octanol–water partition coefficient (Wildman–Crippen LogP) is 3.41. The molecule has 0 aromatic carbocycles. The number of nitrogens with one attached hydrogen (secondary N) is 1. The van der Waals surface area contributed by atoms with Gasteiger partial charge in [-0.2, -0.15) is 0 Å². The van der Waals surface area contributed by atoms with Crippen molar-refractivity contribution in [2.45, 2.75) is 38.6 Å². The lowest BCUT2D eigenvalue weighted by atomic mass is 10.0. The van der Waals surface area contributed by atoms with Crippen molar-refractivity contribution in [2.24, 2.45) is 0 Å². The van der Waals surface area contributed by atoms with Crippen LogP contribution in [0.3, 0.4) is 0 Å². The number of halogens is 1. The van der Waals surface area contributed by atoms with E-state index in [0.717, 1.165) is 17.3 Å². The number of hydrogen-bond donors (Lipinski definition) is 1. The molecular formula is C14H23ClN2S. The maximum Gasteiger partial charge on any atom is 0.0931 e. The van der Waals surface area contributed by atoms with Crippen molar-refractivity contribution in [1.29, 1.82) is 0 Å². The van der Waals surface area contributed by atoms with Gasteiger partial charge in [0.25, 0.3) is 0 Å². The highest BCUT2D eigenvalue weighted by Gasteiger charge is 2.17. The predicted molar refractivity (Wildman–Crippen MR) is 80.8 cm³/mol. The summed E-state index contributed by atoms with van der Waals surface area (Å²) >= 11 is 7.62. The quantitative estimate of drug-likeness (QED) is 0.862. The van der Waals surface area contributed by atoms with Crippen LogP contribution in [-0.2, 0) is 6.42 Å². The summed E-state index contributed by atoms with van der Waals surface area (Å²) in [5.74, 6) is 0. The van der Waals surface area contributed by atoms with E-state index in [-0.39, 0.29) is 0 Å². The van der Waals surface area contributed by atoms with Crippen molar-refractivity contribution in [3.8, 4) is 0 Å². The van der Waals surface area contributed by atoms with Crippen LogP contribution in [0.5, 0.6) is 0 Å². The summed E-state index contributed by atoms with van der Waals surface area (Å²) in [6, 6.07) is 4.84. The summed E-state index contributed by atoms with van der Waals surface area (Å²) in [5.41, 5.74) is 0. The molecular weight excluding hydrogens is 264 g/mol. The molecule has 0 unspecified atom stereocenters.